The highest BCUT2D eigenvalue weighted by Gasteiger charge is 2.60. The molecule has 5 rings (SSSR count). The topological polar surface area (TPSA) is 23.6 Å². The molecule has 0 aliphatic carbocycles. The highest BCUT2D eigenvalue weighted by Crippen LogP contribution is 2.56. The summed E-state index contributed by atoms with van der Waals surface area (Å²) >= 11 is 0. The molecule has 2 aliphatic heterocycles. The van der Waals surface area contributed by atoms with Gasteiger partial charge in [-0.25, -0.2) is 0 Å². The van der Waals surface area contributed by atoms with Crippen LogP contribution in [0.2, 0.25) is 0 Å². The smallest absolute Gasteiger partial charge is 0.240 e. The average Bonchev–Trinajstić information content (AvgIpc) is 3.28. The molecule has 0 unspecified atom stereocenters. The van der Waals surface area contributed by atoms with Gasteiger partial charge in [-0.2, -0.15) is 0 Å². The molecule has 3 heteroatoms. The van der Waals surface area contributed by atoms with E-state index in [9.17, 15) is 4.79 Å². The van der Waals surface area contributed by atoms with Gasteiger partial charge in [-0.15, -0.1) is 6.58 Å². The Morgan fingerprint density at radius 1 is 0.933 bits per heavy atom. The van der Waals surface area contributed by atoms with Gasteiger partial charge < -0.3 is 4.90 Å². The summed E-state index contributed by atoms with van der Waals surface area (Å²) in [5.74, 6) is 0.216. The predicted octanol–water partition coefficient (Wildman–Crippen LogP) is 5.10. The number of carbonyl (C=O) groups excluding carboxylic acids is 1. The van der Waals surface area contributed by atoms with Crippen LogP contribution < -0.4 is 4.90 Å². The molecule has 150 valence electrons. The van der Waals surface area contributed by atoms with E-state index in [0.717, 1.165) is 36.3 Å². The molecular formula is C27H26N2O. The number of hydrogen-bond acceptors (Lipinski definition) is 2. The van der Waals surface area contributed by atoms with Gasteiger partial charge in [0.15, 0.2) is 0 Å². The first kappa shape index (κ1) is 18.8. The van der Waals surface area contributed by atoms with E-state index in [2.05, 4.69) is 66.1 Å². The largest absolute Gasteiger partial charge is 0.307 e. The van der Waals surface area contributed by atoms with Crippen molar-refractivity contribution in [3.63, 3.8) is 0 Å². The summed E-state index contributed by atoms with van der Waals surface area (Å²) in [6.07, 6.45) is 2.77. The number of fused-ring (bicyclic) bond motifs is 2. The van der Waals surface area contributed by atoms with Gasteiger partial charge in [-0.1, -0.05) is 84.9 Å². The fourth-order valence-electron chi connectivity index (χ4n) is 5.37. The molecule has 3 nitrogen and oxygen atoms in total. The van der Waals surface area contributed by atoms with Crippen LogP contribution in [0.25, 0.3) is 0 Å². The number of benzene rings is 3. The van der Waals surface area contributed by atoms with Gasteiger partial charge in [-0.3, -0.25) is 9.69 Å². The number of para-hydroxylation sites is 1. The van der Waals surface area contributed by atoms with Crippen molar-refractivity contribution >= 4 is 11.6 Å². The van der Waals surface area contributed by atoms with Crippen molar-refractivity contribution in [3.8, 4) is 0 Å². The Labute approximate surface area is 178 Å². The van der Waals surface area contributed by atoms with E-state index in [1.807, 2.05) is 41.3 Å². The number of amides is 1. The van der Waals surface area contributed by atoms with Gasteiger partial charge in [0.2, 0.25) is 5.91 Å². The fourth-order valence-corrected chi connectivity index (χ4v) is 5.37. The zero-order valence-electron chi connectivity index (χ0n) is 17.1. The number of anilines is 1. The third-order valence-corrected chi connectivity index (χ3v) is 6.59. The number of nitrogens with zero attached hydrogens (tertiary/aromatic N) is 2. The molecule has 0 N–H and O–H groups in total. The number of likely N-dealkylation sites (tertiary alicyclic amines) is 1. The minimum atomic E-state index is -0.560. The summed E-state index contributed by atoms with van der Waals surface area (Å²) in [6.45, 7) is 6.22. The van der Waals surface area contributed by atoms with Gasteiger partial charge in [0.25, 0.3) is 0 Å². The Hall–Kier alpha value is -3.17. The van der Waals surface area contributed by atoms with E-state index in [4.69, 9.17) is 0 Å². The monoisotopic (exact) mass is 394 g/mol. The standard InChI is InChI=1S/C27H26N2O/c1-2-18-28-19-17-27(25(28)22-13-7-4-8-14-22)23-15-9-10-16-24(23)29(26(27)30)20-21-11-5-3-6-12-21/h2-16,25H,1,17-20H2/t25-,27+/m1/s1. The van der Waals surface area contributed by atoms with Crippen LogP contribution in [0.15, 0.2) is 97.6 Å². The molecule has 2 heterocycles. The van der Waals surface area contributed by atoms with Gasteiger partial charge in [0, 0.05) is 18.8 Å². The normalized spacial score (nSPS) is 23.1. The second-order valence-electron chi connectivity index (χ2n) is 8.21. The highest BCUT2D eigenvalue weighted by atomic mass is 16.2. The molecule has 1 fully saturated rings. The van der Waals surface area contributed by atoms with Crippen LogP contribution in [0, 0.1) is 0 Å². The number of carbonyl (C=O) groups is 1. The van der Waals surface area contributed by atoms with E-state index in [1.54, 1.807) is 0 Å². The van der Waals surface area contributed by atoms with Crippen molar-refractivity contribution in [3.05, 3.63) is 114 Å². The predicted molar refractivity (Wildman–Crippen MR) is 121 cm³/mol. The van der Waals surface area contributed by atoms with Gasteiger partial charge in [-0.05, 0) is 29.2 Å². The first-order valence-electron chi connectivity index (χ1n) is 10.6. The molecule has 1 saturated heterocycles. The molecular weight excluding hydrogens is 368 g/mol. The lowest BCUT2D eigenvalue weighted by Crippen LogP contribution is -2.44. The summed E-state index contributed by atoms with van der Waals surface area (Å²) < 4.78 is 0. The Balaban J connectivity index is 1.65. The van der Waals surface area contributed by atoms with Crippen molar-refractivity contribution in [2.75, 3.05) is 18.0 Å². The van der Waals surface area contributed by atoms with Crippen LogP contribution in [0.4, 0.5) is 5.69 Å². The lowest BCUT2D eigenvalue weighted by molar-refractivity contribution is -0.124. The maximum Gasteiger partial charge on any atom is 0.240 e. The second kappa shape index (κ2) is 7.58. The molecule has 30 heavy (non-hydrogen) atoms. The zero-order chi connectivity index (χ0) is 20.6. The molecule has 0 aromatic heterocycles. The van der Waals surface area contributed by atoms with E-state index in [-0.39, 0.29) is 11.9 Å². The molecule has 0 saturated carbocycles. The van der Waals surface area contributed by atoms with Gasteiger partial charge in [0.1, 0.15) is 0 Å². The zero-order valence-corrected chi connectivity index (χ0v) is 17.1. The van der Waals surface area contributed by atoms with Crippen molar-refractivity contribution in [2.24, 2.45) is 0 Å². The van der Waals surface area contributed by atoms with Crippen LogP contribution in [0.5, 0.6) is 0 Å². The van der Waals surface area contributed by atoms with E-state index < -0.39 is 5.41 Å². The van der Waals surface area contributed by atoms with Gasteiger partial charge >= 0.3 is 0 Å². The summed E-state index contributed by atoms with van der Waals surface area (Å²) in [7, 11) is 0. The van der Waals surface area contributed by atoms with E-state index >= 15 is 0 Å². The minimum Gasteiger partial charge on any atom is -0.307 e. The minimum absolute atomic E-state index is 0.00567. The SMILES string of the molecule is C=CCN1CC[C@@]2(C(=O)N(Cc3ccccc3)c3ccccc32)[C@H]1c1ccccc1. The molecule has 1 spiro atoms. The summed E-state index contributed by atoms with van der Waals surface area (Å²) in [5.41, 5.74) is 3.99. The summed E-state index contributed by atoms with van der Waals surface area (Å²) in [4.78, 5) is 18.6. The highest BCUT2D eigenvalue weighted by molar-refractivity contribution is 6.09. The van der Waals surface area contributed by atoms with Crippen molar-refractivity contribution < 1.29 is 4.79 Å². The van der Waals surface area contributed by atoms with Crippen LogP contribution in [-0.2, 0) is 16.8 Å². The molecule has 0 radical (unpaired) electrons. The molecule has 1 amide bonds. The van der Waals surface area contributed by atoms with Crippen LogP contribution in [0.3, 0.4) is 0 Å². The first-order chi connectivity index (χ1) is 14.8. The fraction of sp³-hybridized carbons (Fsp3) is 0.222. The Morgan fingerprint density at radius 2 is 1.60 bits per heavy atom. The van der Waals surface area contributed by atoms with Crippen molar-refractivity contribution in [2.45, 2.75) is 24.4 Å². The van der Waals surface area contributed by atoms with Crippen LogP contribution >= 0.6 is 0 Å². The first-order valence-corrected chi connectivity index (χ1v) is 10.6. The van der Waals surface area contributed by atoms with E-state index in [1.165, 1.54) is 5.56 Å². The molecule has 2 atom stereocenters. The van der Waals surface area contributed by atoms with Gasteiger partial charge in [0.05, 0.1) is 18.0 Å². The molecule has 3 aromatic rings. The second-order valence-corrected chi connectivity index (χ2v) is 8.21. The third kappa shape index (κ3) is 2.81. The molecule has 2 aliphatic rings. The van der Waals surface area contributed by atoms with Crippen molar-refractivity contribution in [1.82, 2.24) is 4.90 Å². The van der Waals surface area contributed by atoms with Crippen LogP contribution in [0.1, 0.15) is 29.2 Å². The Kier molecular flexibility index (Phi) is 4.76. The lowest BCUT2D eigenvalue weighted by Gasteiger charge is -2.35. The number of rotatable bonds is 5. The van der Waals surface area contributed by atoms with E-state index in [0.29, 0.717) is 6.54 Å². The molecule has 3 aromatic carbocycles. The summed E-state index contributed by atoms with van der Waals surface area (Å²) in [5, 5.41) is 0. The summed E-state index contributed by atoms with van der Waals surface area (Å²) in [6, 6.07) is 29.1. The third-order valence-electron chi connectivity index (χ3n) is 6.59. The van der Waals surface area contributed by atoms with Crippen LogP contribution in [-0.4, -0.2) is 23.9 Å². The lowest BCUT2D eigenvalue weighted by atomic mass is 9.72. The van der Waals surface area contributed by atoms with Crippen molar-refractivity contribution in [1.29, 1.82) is 0 Å². The number of hydrogen-bond donors (Lipinski definition) is 0. The quantitative estimate of drug-likeness (QED) is 0.562. The average molecular weight is 395 g/mol. The Bertz CT molecular complexity index is 1060. The maximum absolute atomic E-state index is 14.2. The molecule has 0 bridgehead atoms. The Morgan fingerprint density at radius 3 is 2.33 bits per heavy atom. The maximum atomic E-state index is 14.2.